The summed E-state index contributed by atoms with van der Waals surface area (Å²) in [7, 11) is 0. The molecule has 0 bridgehead atoms. The van der Waals surface area contributed by atoms with Gasteiger partial charge in [-0.05, 0) is 12.1 Å². The van der Waals surface area contributed by atoms with Gasteiger partial charge < -0.3 is 10.4 Å². The topological polar surface area (TPSA) is 56.0 Å². The molecule has 2 N–H and O–H groups in total. The zero-order valence-electron chi connectivity index (χ0n) is 8.85. The van der Waals surface area contributed by atoms with E-state index in [-0.39, 0.29) is 0 Å². The van der Waals surface area contributed by atoms with Gasteiger partial charge in [0.2, 0.25) is 0 Å². The van der Waals surface area contributed by atoms with E-state index in [4.69, 9.17) is 5.26 Å². The minimum atomic E-state index is -0.713. The first-order chi connectivity index (χ1) is 7.29. The van der Waals surface area contributed by atoms with Gasteiger partial charge in [-0.25, -0.2) is 0 Å². The molecule has 0 aliphatic rings. The maximum atomic E-state index is 9.94. The Morgan fingerprint density at radius 3 is 2.60 bits per heavy atom. The van der Waals surface area contributed by atoms with E-state index >= 15 is 0 Å². The van der Waals surface area contributed by atoms with Crippen molar-refractivity contribution in [1.29, 1.82) is 5.26 Å². The molecule has 3 heteroatoms. The monoisotopic (exact) mass is 204 g/mol. The Hall–Kier alpha value is -1.37. The molecule has 2 unspecified atom stereocenters. The number of aliphatic hydroxyl groups is 1. The molecule has 0 amide bonds. The van der Waals surface area contributed by atoms with Crippen molar-refractivity contribution in [2.45, 2.75) is 13.0 Å². The van der Waals surface area contributed by atoms with E-state index in [9.17, 15) is 5.11 Å². The fourth-order valence-corrected chi connectivity index (χ4v) is 1.41. The van der Waals surface area contributed by atoms with Crippen LogP contribution in [0.5, 0.6) is 0 Å². The summed E-state index contributed by atoms with van der Waals surface area (Å²) in [5, 5.41) is 21.9. The third-order valence-electron chi connectivity index (χ3n) is 2.30. The minimum absolute atomic E-state index is 0.396. The van der Waals surface area contributed by atoms with Gasteiger partial charge in [0, 0.05) is 6.54 Å². The Labute approximate surface area is 90.4 Å². The smallest absolute Gasteiger partial charge is 0.0960 e. The van der Waals surface area contributed by atoms with Crippen LogP contribution in [0, 0.1) is 17.2 Å². The average Bonchev–Trinajstić information content (AvgIpc) is 2.31. The maximum Gasteiger partial charge on any atom is 0.0960 e. The highest BCUT2D eigenvalue weighted by Crippen LogP contribution is 2.20. The Morgan fingerprint density at radius 1 is 1.40 bits per heavy atom. The molecular weight excluding hydrogens is 188 g/mol. The highest BCUT2D eigenvalue weighted by atomic mass is 16.3. The van der Waals surface area contributed by atoms with E-state index < -0.39 is 12.0 Å². The van der Waals surface area contributed by atoms with Crippen LogP contribution in [-0.4, -0.2) is 18.2 Å². The quantitative estimate of drug-likeness (QED) is 0.763. The number of hydrogen-bond acceptors (Lipinski definition) is 3. The van der Waals surface area contributed by atoms with Crippen molar-refractivity contribution >= 4 is 0 Å². The van der Waals surface area contributed by atoms with Crippen molar-refractivity contribution in [1.82, 2.24) is 5.32 Å². The van der Waals surface area contributed by atoms with E-state index in [2.05, 4.69) is 11.4 Å². The van der Waals surface area contributed by atoms with Gasteiger partial charge in [0.05, 0.1) is 18.1 Å². The highest BCUT2D eigenvalue weighted by molar-refractivity contribution is 5.19. The minimum Gasteiger partial charge on any atom is -0.387 e. The fourth-order valence-electron chi connectivity index (χ4n) is 1.41. The Balaban J connectivity index is 2.66. The predicted octanol–water partition coefficient (Wildman–Crippen LogP) is 1.47. The second kappa shape index (κ2) is 6.18. The van der Waals surface area contributed by atoms with Gasteiger partial charge >= 0.3 is 0 Å². The lowest BCUT2D eigenvalue weighted by Gasteiger charge is -2.16. The predicted molar refractivity (Wildman–Crippen MR) is 59.0 cm³/mol. The van der Waals surface area contributed by atoms with Crippen molar-refractivity contribution in [3.05, 3.63) is 35.9 Å². The van der Waals surface area contributed by atoms with Gasteiger partial charge in [0.1, 0.15) is 0 Å². The van der Waals surface area contributed by atoms with E-state index in [1.54, 1.807) is 0 Å². The number of rotatable bonds is 5. The standard InChI is InChI=1S/C12H16N2O/c1-2-14-9-11(8-13)12(15)10-6-4-3-5-7-10/h3-7,11-12,14-15H,2,9H2,1H3. The first kappa shape index (κ1) is 11.7. The summed E-state index contributed by atoms with van der Waals surface area (Å²) in [6, 6.07) is 11.4. The third-order valence-corrected chi connectivity index (χ3v) is 2.30. The number of aliphatic hydroxyl groups excluding tert-OH is 1. The fraction of sp³-hybridized carbons (Fsp3) is 0.417. The van der Waals surface area contributed by atoms with E-state index in [1.165, 1.54) is 0 Å². The molecule has 80 valence electrons. The highest BCUT2D eigenvalue weighted by Gasteiger charge is 2.19. The second-order valence-corrected chi connectivity index (χ2v) is 3.40. The molecule has 0 radical (unpaired) electrons. The lowest BCUT2D eigenvalue weighted by molar-refractivity contribution is 0.134. The van der Waals surface area contributed by atoms with Crippen LogP contribution in [0.3, 0.4) is 0 Å². The molecule has 0 aliphatic carbocycles. The normalized spacial score (nSPS) is 14.2. The molecule has 0 heterocycles. The van der Waals surface area contributed by atoms with E-state index in [0.29, 0.717) is 6.54 Å². The first-order valence-electron chi connectivity index (χ1n) is 5.13. The number of nitrogens with one attached hydrogen (secondary N) is 1. The lowest BCUT2D eigenvalue weighted by atomic mass is 9.97. The van der Waals surface area contributed by atoms with Crippen LogP contribution in [0.25, 0.3) is 0 Å². The number of benzene rings is 1. The maximum absolute atomic E-state index is 9.94. The summed E-state index contributed by atoms with van der Waals surface area (Å²) in [5.41, 5.74) is 0.793. The van der Waals surface area contributed by atoms with Crippen molar-refractivity contribution in [2.24, 2.45) is 5.92 Å². The van der Waals surface area contributed by atoms with Crippen molar-refractivity contribution < 1.29 is 5.11 Å². The largest absolute Gasteiger partial charge is 0.387 e. The van der Waals surface area contributed by atoms with E-state index in [1.807, 2.05) is 37.3 Å². The summed E-state index contributed by atoms with van der Waals surface area (Å²) >= 11 is 0. The molecular formula is C12H16N2O. The lowest BCUT2D eigenvalue weighted by Crippen LogP contribution is -2.26. The first-order valence-corrected chi connectivity index (χ1v) is 5.13. The molecule has 0 saturated carbocycles. The zero-order valence-corrected chi connectivity index (χ0v) is 8.85. The second-order valence-electron chi connectivity index (χ2n) is 3.40. The number of hydrogen-bond donors (Lipinski definition) is 2. The van der Waals surface area contributed by atoms with Crippen LogP contribution in [0.4, 0.5) is 0 Å². The van der Waals surface area contributed by atoms with E-state index in [0.717, 1.165) is 12.1 Å². The van der Waals surface area contributed by atoms with Gasteiger partial charge in [0.25, 0.3) is 0 Å². The van der Waals surface area contributed by atoms with Crippen LogP contribution in [0.1, 0.15) is 18.6 Å². The molecule has 0 saturated heterocycles. The van der Waals surface area contributed by atoms with Gasteiger partial charge in [-0.2, -0.15) is 5.26 Å². The molecule has 0 aromatic heterocycles. The molecule has 2 atom stereocenters. The van der Waals surface area contributed by atoms with Crippen LogP contribution in [-0.2, 0) is 0 Å². The molecule has 1 rings (SSSR count). The Kier molecular flexibility index (Phi) is 4.82. The number of nitriles is 1. The van der Waals surface area contributed by atoms with Gasteiger partial charge in [-0.3, -0.25) is 0 Å². The summed E-state index contributed by atoms with van der Waals surface area (Å²) in [5.74, 6) is -0.396. The third kappa shape index (κ3) is 3.35. The van der Waals surface area contributed by atoms with Gasteiger partial charge in [-0.1, -0.05) is 37.3 Å². The average molecular weight is 204 g/mol. The van der Waals surface area contributed by atoms with Crippen molar-refractivity contribution in [3.63, 3.8) is 0 Å². The molecule has 3 nitrogen and oxygen atoms in total. The summed E-state index contributed by atoms with van der Waals surface area (Å²) in [6.45, 7) is 3.30. The number of nitrogens with zero attached hydrogens (tertiary/aromatic N) is 1. The van der Waals surface area contributed by atoms with Crippen molar-refractivity contribution in [3.8, 4) is 6.07 Å². The van der Waals surface area contributed by atoms with Crippen LogP contribution < -0.4 is 5.32 Å². The summed E-state index contributed by atoms with van der Waals surface area (Å²) in [6.07, 6.45) is -0.713. The Morgan fingerprint density at radius 2 is 2.07 bits per heavy atom. The van der Waals surface area contributed by atoms with Crippen molar-refractivity contribution in [2.75, 3.05) is 13.1 Å². The summed E-state index contributed by atoms with van der Waals surface area (Å²) in [4.78, 5) is 0. The molecule has 1 aromatic rings. The van der Waals surface area contributed by atoms with Crippen LogP contribution in [0.15, 0.2) is 30.3 Å². The summed E-state index contributed by atoms with van der Waals surface area (Å²) < 4.78 is 0. The SMILES string of the molecule is CCNCC(C#N)C(O)c1ccccc1. The zero-order chi connectivity index (χ0) is 11.1. The molecule has 0 aliphatic heterocycles. The molecule has 15 heavy (non-hydrogen) atoms. The van der Waals surface area contributed by atoms with Gasteiger partial charge in [0.15, 0.2) is 0 Å². The molecule has 0 fully saturated rings. The molecule has 1 aromatic carbocycles. The molecule has 0 spiro atoms. The van der Waals surface area contributed by atoms with Gasteiger partial charge in [-0.15, -0.1) is 0 Å². The van der Waals surface area contributed by atoms with Crippen LogP contribution in [0.2, 0.25) is 0 Å². The van der Waals surface area contributed by atoms with Crippen LogP contribution >= 0.6 is 0 Å². The Bertz CT molecular complexity index is 318.